The van der Waals surface area contributed by atoms with Crippen molar-refractivity contribution in [3.63, 3.8) is 0 Å². The van der Waals surface area contributed by atoms with Gasteiger partial charge in [-0.1, -0.05) is 28.8 Å². The van der Waals surface area contributed by atoms with E-state index in [9.17, 15) is 4.79 Å². The largest absolute Gasteiger partial charge is 0.370 e. The van der Waals surface area contributed by atoms with Crippen LogP contribution in [-0.2, 0) is 0 Å². The summed E-state index contributed by atoms with van der Waals surface area (Å²) < 4.78 is 0.993. The summed E-state index contributed by atoms with van der Waals surface area (Å²) in [5.74, 6) is 2.94. The first kappa shape index (κ1) is 18.0. The van der Waals surface area contributed by atoms with Crippen LogP contribution in [0, 0.1) is 11.8 Å². The monoisotopic (exact) mass is 450 g/mol. The molecule has 2 fully saturated rings. The molecule has 0 aromatic heterocycles. The molecule has 29 heavy (non-hydrogen) atoms. The first-order valence-electron chi connectivity index (χ1n) is 11.2. The lowest BCUT2D eigenvalue weighted by molar-refractivity contribution is 0.102. The maximum absolute atomic E-state index is 12.9. The van der Waals surface area contributed by atoms with Crippen molar-refractivity contribution in [2.45, 2.75) is 50.4 Å². The molecule has 2 saturated carbocycles. The zero-order valence-corrected chi connectivity index (χ0v) is 18.2. The predicted octanol–water partition coefficient (Wildman–Crippen LogP) is 6.30. The van der Waals surface area contributed by atoms with Crippen LogP contribution in [0.15, 0.2) is 40.9 Å². The van der Waals surface area contributed by atoms with Crippen molar-refractivity contribution in [1.82, 2.24) is 0 Å². The average Bonchev–Trinajstić information content (AvgIpc) is 3.38. The van der Waals surface area contributed by atoms with Gasteiger partial charge in [0.1, 0.15) is 0 Å². The van der Waals surface area contributed by atoms with Gasteiger partial charge < -0.3 is 10.2 Å². The van der Waals surface area contributed by atoms with Crippen LogP contribution in [0.4, 0.5) is 11.4 Å². The molecule has 1 amide bonds. The molecular weight excluding hydrogens is 424 g/mol. The fraction of sp³-hybridized carbons (Fsp3) is 0.480. The minimum atomic E-state index is -0.0148. The molecular formula is C25H27BrN2O. The Bertz CT molecular complexity index is 924. The van der Waals surface area contributed by atoms with Crippen molar-refractivity contribution < 1.29 is 4.79 Å². The van der Waals surface area contributed by atoms with Crippen LogP contribution in [0.5, 0.6) is 0 Å². The van der Waals surface area contributed by atoms with E-state index in [1.54, 1.807) is 0 Å². The number of rotatable bonds is 2. The normalized spacial score (nSPS) is 29.2. The molecule has 4 atom stereocenters. The number of halogens is 1. The summed E-state index contributed by atoms with van der Waals surface area (Å²) in [6.07, 6.45) is 8.03. The minimum absolute atomic E-state index is 0.0148. The van der Waals surface area contributed by atoms with E-state index in [1.165, 1.54) is 68.4 Å². The summed E-state index contributed by atoms with van der Waals surface area (Å²) in [5.41, 5.74) is 6.28. The number of anilines is 2. The minimum Gasteiger partial charge on any atom is -0.370 e. The zero-order valence-electron chi connectivity index (χ0n) is 16.7. The number of carbonyl (C=O) groups excluding carboxylic acids is 1. The summed E-state index contributed by atoms with van der Waals surface area (Å²) in [6, 6.07) is 12.2. The molecule has 0 saturated heterocycles. The van der Waals surface area contributed by atoms with E-state index in [0.29, 0.717) is 17.4 Å². The molecule has 0 bridgehead atoms. The van der Waals surface area contributed by atoms with Crippen LogP contribution in [0.1, 0.15) is 71.8 Å². The fourth-order valence-corrected chi connectivity index (χ4v) is 6.90. The lowest BCUT2D eigenvalue weighted by Crippen LogP contribution is -2.43. The highest BCUT2D eigenvalue weighted by Gasteiger charge is 2.44. The molecule has 150 valence electrons. The molecule has 4 unspecified atom stereocenters. The molecule has 2 aromatic rings. The van der Waals surface area contributed by atoms with E-state index in [2.05, 4.69) is 38.3 Å². The third-order valence-corrected chi connectivity index (χ3v) is 8.40. The topological polar surface area (TPSA) is 32.3 Å². The first-order valence-corrected chi connectivity index (χ1v) is 12.0. The summed E-state index contributed by atoms with van der Waals surface area (Å²) in [6.45, 7) is 2.50. The van der Waals surface area contributed by atoms with E-state index < -0.39 is 0 Å². The second-order valence-electron chi connectivity index (χ2n) is 9.46. The van der Waals surface area contributed by atoms with E-state index in [0.717, 1.165) is 22.0 Å². The molecule has 6 rings (SSSR count). The average molecular weight is 451 g/mol. The standard InChI is InChI=1S/C25H27BrN2O/c26-18-9-7-15(8-10-18)25(29)27-19-11-22-20-5-1-3-16(20)13-28-14-17-4-2-6-21(17)23(12-19)24(22)28/h7-12,16-17,20-21H,1-6,13-14H2,(H,27,29). The highest BCUT2D eigenvalue weighted by atomic mass is 79.9. The summed E-state index contributed by atoms with van der Waals surface area (Å²) >= 11 is 3.45. The predicted molar refractivity (Wildman–Crippen MR) is 121 cm³/mol. The molecule has 3 nitrogen and oxygen atoms in total. The van der Waals surface area contributed by atoms with Gasteiger partial charge in [0.2, 0.25) is 0 Å². The van der Waals surface area contributed by atoms with Crippen LogP contribution in [0.3, 0.4) is 0 Å². The van der Waals surface area contributed by atoms with Gasteiger partial charge in [-0.25, -0.2) is 0 Å². The van der Waals surface area contributed by atoms with Gasteiger partial charge in [-0.2, -0.15) is 0 Å². The third kappa shape index (κ3) is 2.94. The van der Waals surface area contributed by atoms with Gasteiger partial charge in [-0.15, -0.1) is 0 Å². The third-order valence-electron chi connectivity index (χ3n) is 7.88. The van der Waals surface area contributed by atoms with E-state index in [4.69, 9.17) is 0 Å². The highest BCUT2D eigenvalue weighted by Crippen LogP contribution is 2.56. The molecule has 2 heterocycles. The maximum atomic E-state index is 12.9. The lowest BCUT2D eigenvalue weighted by atomic mass is 9.75. The molecule has 4 heteroatoms. The Morgan fingerprint density at radius 1 is 0.897 bits per heavy atom. The van der Waals surface area contributed by atoms with Crippen LogP contribution < -0.4 is 10.2 Å². The number of nitrogens with one attached hydrogen (secondary N) is 1. The number of hydrogen-bond acceptors (Lipinski definition) is 2. The second-order valence-corrected chi connectivity index (χ2v) is 10.4. The summed E-state index contributed by atoms with van der Waals surface area (Å²) in [5, 5.41) is 3.23. The fourth-order valence-electron chi connectivity index (χ4n) is 6.64. The number of fused-ring (bicyclic) bond motifs is 4. The molecule has 0 spiro atoms. The van der Waals surface area contributed by atoms with E-state index in [-0.39, 0.29) is 5.91 Å². The Balaban J connectivity index is 1.41. The Morgan fingerprint density at radius 2 is 1.48 bits per heavy atom. The van der Waals surface area contributed by atoms with E-state index >= 15 is 0 Å². The smallest absolute Gasteiger partial charge is 0.255 e. The van der Waals surface area contributed by atoms with Gasteiger partial charge in [0, 0.05) is 34.5 Å². The molecule has 2 aliphatic heterocycles. The van der Waals surface area contributed by atoms with Crippen molar-refractivity contribution in [3.8, 4) is 0 Å². The van der Waals surface area contributed by atoms with Gasteiger partial charge in [0.15, 0.2) is 0 Å². The number of benzene rings is 2. The SMILES string of the molecule is O=C(Nc1cc2c3c(c1)C1CCCC1CN3CC1CCCC21)c1ccc(Br)cc1. The van der Waals surface area contributed by atoms with Crippen LogP contribution in [-0.4, -0.2) is 19.0 Å². The molecule has 0 radical (unpaired) electrons. The van der Waals surface area contributed by atoms with Gasteiger partial charge in [-0.3, -0.25) is 4.79 Å². The molecule has 2 aromatic carbocycles. The Labute approximate surface area is 181 Å². The number of amides is 1. The van der Waals surface area contributed by atoms with Gasteiger partial charge in [-0.05, 0) is 96.9 Å². The molecule has 4 aliphatic rings. The summed E-state index contributed by atoms with van der Waals surface area (Å²) in [4.78, 5) is 15.6. The number of nitrogens with zero attached hydrogens (tertiary/aromatic N) is 1. The van der Waals surface area contributed by atoms with Crippen molar-refractivity contribution >= 4 is 33.2 Å². The lowest BCUT2D eigenvalue weighted by Gasteiger charge is -2.46. The van der Waals surface area contributed by atoms with Gasteiger partial charge >= 0.3 is 0 Å². The van der Waals surface area contributed by atoms with Crippen LogP contribution >= 0.6 is 15.9 Å². The van der Waals surface area contributed by atoms with Crippen molar-refractivity contribution in [2.24, 2.45) is 11.8 Å². The Hall–Kier alpha value is -1.81. The molecule has 2 aliphatic carbocycles. The summed E-state index contributed by atoms with van der Waals surface area (Å²) in [7, 11) is 0. The van der Waals surface area contributed by atoms with Gasteiger partial charge in [0.05, 0.1) is 0 Å². The number of hydrogen-bond donors (Lipinski definition) is 1. The van der Waals surface area contributed by atoms with E-state index in [1.807, 2.05) is 24.3 Å². The molecule has 1 N–H and O–H groups in total. The second kappa shape index (κ2) is 6.87. The Kier molecular flexibility index (Phi) is 4.26. The van der Waals surface area contributed by atoms with Crippen molar-refractivity contribution in [2.75, 3.05) is 23.3 Å². The van der Waals surface area contributed by atoms with Gasteiger partial charge in [0.25, 0.3) is 5.91 Å². The van der Waals surface area contributed by atoms with Crippen molar-refractivity contribution in [1.29, 1.82) is 0 Å². The van der Waals surface area contributed by atoms with Crippen LogP contribution in [0.2, 0.25) is 0 Å². The first-order chi connectivity index (χ1) is 14.2. The zero-order chi connectivity index (χ0) is 19.5. The Morgan fingerprint density at radius 3 is 2.07 bits per heavy atom. The quantitative estimate of drug-likeness (QED) is 0.581. The van der Waals surface area contributed by atoms with Crippen LogP contribution in [0.25, 0.3) is 0 Å². The maximum Gasteiger partial charge on any atom is 0.255 e. The highest BCUT2D eigenvalue weighted by molar-refractivity contribution is 9.10. The van der Waals surface area contributed by atoms with Crippen molar-refractivity contribution in [3.05, 3.63) is 57.6 Å². The number of carbonyl (C=O) groups is 1.